The van der Waals surface area contributed by atoms with Crippen LogP contribution >= 0.6 is 11.5 Å². The van der Waals surface area contributed by atoms with Gasteiger partial charge in [-0.1, -0.05) is 0 Å². The van der Waals surface area contributed by atoms with Crippen LogP contribution in [0, 0.1) is 0 Å². The maximum absolute atomic E-state index is 14.3. The Hall–Kier alpha value is -12.2. The smallest absolute Gasteiger partial charge is 0.261 e. The van der Waals surface area contributed by atoms with E-state index in [2.05, 4.69) is 101 Å². The van der Waals surface area contributed by atoms with E-state index in [1.807, 2.05) is 18.2 Å². The van der Waals surface area contributed by atoms with E-state index >= 15 is 0 Å². The largest absolute Gasteiger partial charge is 0.496 e. The van der Waals surface area contributed by atoms with E-state index in [1.54, 1.807) is 106 Å². The van der Waals surface area contributed by atoms with E-state index in [0.29, 0.717) is 102 Å². The van der Waals surface area contributed by atoms with Crippen LogP contribution in [0.25, 0.3) is 82.7 Å². The molecular formula is C54H37N23O6S. The summed E-state index contributed by atoms with van der Waals surface area (Å²) in [6, 6.07) is 16.2. The molecule has 0 saturated heterocycles. The highest BCUT2D eigenvalue weighted by atomic mass is 32.1. The highest BCUT2D eigenvalue weighted by Gasteiger charge is 2.26. The van der Waals surface area contributed by atoms with Gasteiger partial charge in [0.25, 0.3) is 17.7 Å². The maximum Gasteiger partial charge on any atom is 0.261 e. The highest BCUT2D eigenvalue weighted by Crippen LogP contribution is 2.41. The molecule has 0 atom stereocenters. The van der Waals surface area contributed by atoms with Crippen molar-refractivity contribution in [2.75, 3.05) is 23.1 Å². The van der Waals surface area contributed by atoms with Crippen LogP contribution in [0.4, 0.5) is 17.1 Å². The molecule has 12 heterocycles. The lowest BCUT2D eigenvalue weighted by Crippen LogP contribution is -2.13. The van der Waals surface area contributed by atoms with Crippen molar-refractivity contribution in [1.29, 1.82) is 0 Å². The second-order valence-electron chi connectivity index (χ2n) is 18.8. The number of hydrogen-bond donors (Lipinski definition) is 8. The third-order valence-corrected chi connectivity index (χ3v) is 14.7. The molecule has 8 N–H and O–H groups in total. The first-order valence-electron chi connectivity index (χ1n) is 25.4. The Morgan fingerprint density at radius 3 is 1.79 bits per heavy atom. The number of amides is 3. The van der Waals surface area contributed by atoms with Gasteiger partial charge in [-0.2, -0.15) is 40.1 Å². The zero-order chi connectivity index (χ0) is 56.4. The number of aromatic nitrogens is 20. The first-order chi connectivity index (χ1) is 41.3. The summed E-state index contributed by atoms with van der Waals surface area (Å²) < 4.78 is 28.5. The number of fused-ring (bicyclic) bond motifs is 6. The predicted octanol–water partition coefficient (Wildman–Crippen LogP) is 7.27. The van der Waals surface area contributed by atoms with E-state index in [0.717, 1.165) is 15.5 Å². The van der Waals surface area contributed by atoms with Crippen LogP contribution in [0.15, 0.2) is 135 Å². The van der Waals surface area contributed by atoms with Crippen molar-refractivity contribution in [2.45, 2.75) is 13.2 Å². The van der Waals surface area contributed by atoms with Gasteiger partial charge in [-0.15, -0.1) is 0 Å². The Kier molecular flexibility index (Phi) is 11.6. The molecule has 0 saturated carbocycles. The van der Waals surface area contributed by atoms with Crippen molar-refractivity contribution in [3.05, 3.63) is 163 Å². The predicted molar refractivity (Wildman–Crippen MR) is 303 cm³/mol. The Labute approximate surface area is 471 Å². The Balaban J connectivity index is 0.662. The maximum atomic E-state index is 14.3. The number of carbonyl (C=O) groups is 3. The number of anilines is 3. The summed E-state index contributed by atoms with van der Waals surface area (Å²) >= 11 is 1.34. The lowest BCUT2D eigenvalue weighted by Gasteiger charge is -2.13. The van der Waals surface area contributed by atoms with Gasteiger partial charge in [0.1, 0.15) is 64.2 Å². The highest BCUT2D eigenvalue weighted by molar-refractivity contribution is 7.13. The van der Waals surface area contributed by atoms with E-state index in [1.165, 1.54) is 43.7 Å². The topological polar surface area (TPSA) is 362 Å². The van der Waals surface area contributed by atoms with Gasteiger partial charge in [-0.25, -0.2) is 33.5 Å². The number of methoxy groups -OCH3 is 1. The molecule has 12 aromatic heterocycles. The molecule has 3 amide bonds. The van der Waals surface area contributed by atoms with Gasteiger partial charge in [0, 0.05) is 89.2 Å². The molecule has 0 fully saturated rings. The molecule has 84 heavy (non-hydrogen) atoms. The van der Waals surface area contributed by atoms with Crippen LogP contribution in [-0.4, -0.2) is 124 Å². The molecule has 29 nitrogen and oxygen atoms in total. The number of hydrogen-bond acceptors (Lipinski definition) is 19. The van der Waals surface area contributed by atoms with Gasteiger partial charge in [0.15, 0.2) is 16.9 Å². The summed E-state index contributed by atoms with van der Waals surface area (Å²) in [5.41, 5.74) is 8.75. The standard InChI is InChI=1S/C54H37N23O6S/c1-81-42-10-27-16-67-84-45(27)12-32(42)48-41(22-63-74-48)70-54(80)35-19-66-77-29(4-7-57-51(35)77)24-83-44-14-38-37(58-25-59-38)11-31(44)47-40(21-62-73-47)69-53(79)34-18-65-76-28(3-6-56-50(34)76)23-82-43-13-36-26(15-60-71-36)9-30(43)46-39(20-61-72-46)68-52(78)33-17-64-75-8-2-5-55-49(33)75/h2-22,25H,23-24H2,1H3,(H,58,59)(H,60,71)(H,61,72)(H,62,73)(H,63,74)(H,68,78)(H,69,79)(H,70,80). The molecular weight excluding hydrogens is 1100 g/mol. The number of rotatable bonds is 16. The molecule has 3 aromatic carbocycles. The van der Waals surface area contributed by atoms with Crippen LogP contribution in [0.3, 0.4) is 0 Å². The average molecular weight is 1140 g/mol. The van der Waals surface area contributed by atoms with E-state index < -0.39 is 17.7 Å². The number of nitrogens with zero attached hydrogens (tertiary/aromatic N) is 15. The normalized spacial score (nSPS) is 11.6. The molecule has 30 heteroatoms. The number of benzene rings is 3. The lowest BCUT2D eigenvalue weighted by molar-refractivity contribution is 0.102. The summed E-state index contributed by atoms with van der Waals surface area (Å²) in [7, 11) is 1.57. The zero-order valence-corrected chi connectivity index (χ0v) is 44.0. The molecule has 0 aliphatic rings. The quantitative estimate of drug-likeness (QED) is 0.0471. The van der Waals surface area contributed by atoms with Gasteiger partial charge >= 0.3 is 0 Å². The number of aromatic amines is 5. The van der Waals surface area contributed by atoms with Crippen LogP contribution in [0.2, 0.25) is 0 Å². The van der Waals surface area contributed by atoms with E-state index in [-0.39, 0.29) is 41.2 Å². The van der Waals surface area contributed by atoms with Crippen molar-refractivity contribution in [3.8, 4) is 51.0 Å². The van der Waals surface area contributed by atoms with Gasteiger partial charge in [0.05, 0.1) is 87.9 Å². The Bertz CT molecular complexity index is 5080. The van der Waals surface area contributed by atoms with Crippen molar-refractivity contribution in [3.63, 3.8) is 0 Å². The average Bonchev–Trinajstić information content (AvgIpc) is 4.04. The zero-order valence-electron chi connectivity index (χ0n) is 43.2. The van der Waals surface area contributed by atoms with Crippen molar-refractivity contribution in [1.82, 2.24) is 98.9 Å². The van der Waals surface area contributed by atoms with Gasteiger partial charge in [-0.3, -0.25) is 34.8 Å². The minimum Gasteiger partial charge on any atom is -0.496 e. The molecule has 15 aromatic rings. The van der Waals surface area contributed by atoms with Crippen LogP contribution in [0.5, 0.6) is 17.2 Å². The summed E-state index contributed by atoms with van der Waals surface area (Å²) in [5, 5.41) is 53.2. The monoisotopic (exact) mass is 1140 g/mol. The molecule has 0 radical (unpaired) electrons. The number of H-pyrrole nitrogens is 5. The van der Waals surface area contributed by atoms with Gasteiger partial charge < -0.3 is 35.1 Å². The van der Waals surface area contributed by atoms with Crippen molar-refractivity contribution >= 4 is 95.3 Å². The molecule has 0 unspecified atom stereocenters. The van der Waals surface area contributed by atoms with Crippen LogP contribution in [-0.2, 0) is 13.2 Å². The second-order valence-corrected chi connectivity index (χ2v) is 19.6. The molecule has 0 spiro atoms. The fourth-order valence-electron chi connectivity index (χ4n) is 9.84. The second kappa shape index (κ2) is 19.9. The van der Waals surface area contributed by atoms with E-state index in [4.69, 9.17) is 14.2 Å². The summed E-state index contributed by atoms with van der Waals surface area (Å²) in [5.74, 6) is -0.0724. The summed E-state index contributed by atoms with van der Waals surface area (Å²) in [6.07, 6.45) is 20.4. The fourth-order valence-corrected chi connectivity index (χ4v) is 10.5. The third kappa shape index (κ3) is 8.44. The molecule has 0 aliphatic heterocycles. The first kappa shape index (κ1) is 48.9. The fraction of sp³-hybridized carbons (Fsp3) is 0.0556. The minimum absolute atomic E-state index is 0.0310. The Morgan fingerprint density at radius 2 is 1.15 bits per heavy atom. The summed E-state index contributed by atoms with van der Waals surface area (Å²) in [6.45, 7) is -0.0620. The molecule has 0 aliphatic carbocycles. The number of imidazole rings is 1. The third-order valence-electron chi connectivity index (χ3n) is 13.9. The molecule has 0 bridgehead atoms. The SMILES string of the molecule is COc1cc2cnsc2cc1-c1n[nH]cc1NC(=O)c1cnn2c(COc3cc4[nH]cnc4cc3-c3n[nH]cc3NC(=O)c3cnn4c(COc5cc6[nH]ncc6cc5-c5n[nH]cc5NC(=O)c5cnn6cccnc56)ccnc34)ccnc12. The van der Waals surface area contributed by atoms with E-state index in [9.17, 15) is 14.4 Å². The van der Waals surface area contributed by atoms with Crippen LogP contribution < -0.4 is 30.2 Å². The lowest BCUT2D eigenvalue weighted by atomic mass is 10.1. The number of nitrogens with one attached hydrogen (secondary N) is 8. The van der Waals surface area contributed by atoms with Crippen LogP contribution in [0.1, 0.15) is 42.5 Å². The Morgan fingerprint density at radius 1 is 0.583 bits per heavy atom. The number of carbonyl (C=O) groups excluding carboxylic acids is 3. The van der Waals surface area contributed by atoms with Crippen molar-refractivity contribution in [2.24, 2.45) is 0 Å². The minimum atomic E-state index is -0.527. The van der Waals surface area contributed by atoms with Gasteiger partial charge in [-0.05, 0) is 54.0 Å². The van der Waals surface area contributed by atoms with Crippen molar-refractivity contribution < 1.29 is 28.6 Å². The first-order valence-corrected chi connectivity index (χ1v) is 26.2. The van der Waals surface area contributed by atoms with Gasteiger partial charge in [0.2, 0.25) is 0 Å². The summed E-state index contributed by atoms with van der Waals surface area (Å²) in [4.78, 5) is 62.8. The molecule has 15 rings (SSSR count). The molecule has 410 valence electrons. The number of ether oxygens (including phenoxy) is 3.